The largest absolute Gasteiger partial charge is 0.493 e. The Hall–Kier alpha value is -2.95. The average Bonchev–Trinajstić information content (AvgIpc) is 2.78. The lowest BCUT2D eigenvalue weighted by molar-refractivity contribution is 0.0734. The molecule has 1 atom stereocenters. The lowest BCUT2D eigenvalue weighted by atomic mass is 10.1. The van der Waals surface area contributed by atoms with Crippen LogP contribution in [0.25, 0.3) is 0 Å². The number of benzene rings is 2. The first kappa shape index (κ1) is 23.3. The van der Waals surface area contributed by atoms with Crippen LogP contribution in [0, 0.1) is 5.92 Å². The number of carbonyl (C=O) groups excluding carboxylic acids is 1. The van der Waals surface area contributed by atoms with Gasteiger partial charge in [-0.1, -0.05) is 26.3 Å². The fourth-order valence-electron chi connectivity index (χ4n) is 2.61. The van der Waals surface area contributed by atoms with Crippen molar-refractivity contribution in [1.82, 2.24) is 0 Å². The molecule has 0 saturated carbocycles. The van der Waals surface area contributed by atoms with Crippen LogP contribution in [0.4, 0.5) is 0 Å². The van der Waals surface area contributed by atoms with Crippen LogP contribution < -0.4 is 18.9 Å². The second kappa shape index (κ2) is 12.6. The Morgan fingerprint density at radius 1 is 1.03 bits per heavy atom. The van der Waals surface area contributed by atoms with Crippen molar-refractivity contribution in [3.05, 3.63) is 60.7 Å². The number of hydrogen-bond acceptors (Lipinski definition) is 5. The van der Waals surface area contributed by atoms with E-state index >= 15 is 0 Å². The molecule has 0 N–H and O–H groups in total. The molecule has 0 unspecified atom stereocenters. The number of rotatable bonds is 13. The van der Waals surface area contributed by atoms with Crippen molar-refractivity contribution in [3.63, 3.8) is 0 Å². The van der Waals surface area contributed by atoms with Crippen LogP contribution in [-0.4, -0.2) is 26.3 Å². The molecule has 0 heterocycles. The van der Waals surface area contributed by atoms with Crippen LogP contribution in [0.1, 0.15) is 49.9 Å². The van der Waals surface area contributed by atoms with Crippen LogP contribution in [0.3, 0.4) is 0 Å². The van der Waals surface area contributed by atoms with Crippen molar-refractivity contribution in [1.29, 1.82) is 0 Å². The van der Waals surface area contributed by atoms with E-state index in [9.17, 15) is 4.79 Å². The van der Waals surface area contributed by atoms with E-state index in [2.05, 4.69) is 20.4 Å². The van der Waals surface area contributed by atoms with Gasteiger partial charge in [0.15, 0.2) is 11.5 Å². The quantitative estimate of drug-likeness (QED) is 0.173. The molecule has 0 aliphatic rings. The van der Waals surface area contributed by atoms with E-state index in [4.69, 9.17) is 18.9 Å². The van der Waals surface area contributed by atoms with Crippen LogP contribution in [0.5, 0.6) is 23.0 Å². The predicted molar refractivity (Wildman–Crippen MR) is 119 cm³/mol. The molecule has 2 aromatic carbocycles. The summed E-state index contributed by atoms with van der Waals surface area (Å²) in [5.74, 6) is 2.36. The molecule has 0 bridgehead atoms. The van der Waals surface area contributed by atoms with E-state index in [1.807, 2.05) is 6.08 Å². The van der Waals surface area contributed by atoms with Gasteiger partial charge in [0.05, 0.1) is 25.9 Å². The van der Waals surface area contributed by atoms with Gasteiger partial charge in [-0.25, -0.2) is 4.79 Å². The van der Waals surface area contributed by atoms with Crippen molar-refractivity contribution >= 4 is 5.97 Å². The van der Waals surface area contributed by atoms with Gasteiger partial charge in [-0.05, 0) is 67.6 Å². The van der Waals surface area contributed by atoms with Crippen molar-refractivity contribution in [2.45, 2.75) is 39.5 Å². The van der Waals surface area contributed by atoms with E-state index in [1.165, 1.54) is 0 Å². The number of ether oxygens (including phenoxy) is 4. The Morgan fingerprint density at radius 2 is 1.77 bits per heavy atom. The fourth-order valence-corrected chi connectivity index (χ4v) is 2.61. The van der Waals surface area contributed by atoms with Gasteiger partial charge in [0.2, 0.25) is 0 Å². The molecule has 5 nitrogen and oxygen atoms in total. The van der Waals surface area contributed by atoms with Gasteiger partial charge < -0.3 is 18.9 Å². The zero-order valence-corrected chi connectivity index (χ0v) is 18.2. The summed E-state index contributed by atoms with van der Waals surface area (Å²) in [6.07, 6.45) is 5.89. The molecule has 0 radical (unpaired) electrons. The lowest BCUT2D eigenvalue weighted by Crippen LogP contribution is -2.09. The first-order valence-electron chi connectivity index (χ1n) is 10.4. The number of hydrogen-bond donors (Lipinski definition) is 0. The molecule has 2 rings (SSSR count). The highest BCUT2D eigenvalue weighted by atomic mass is 16.5. The zero-order valence-electron chi connectivity index (χ0n) is 18.2. The second-order valence-electron chi connectivity index (χ2n) is 7.18. The van der Waals surface area contributed by atoms with Crippen LogP contribution in [-0.2, 0) is 0 Å². The fraction of sp³-hybridized carbons (Fsp3) is 0.400. The van der Waals surface area contributed by atoms with Crippen molar-refractivity contribution < 1.29 is 23.7 Å². The number of unbranched alkanes of at least 4 members (excludes halogenated alkanes) is 2. The van der Waals surface area contributed by atoms with Gasteiger partial charge in [0.1, 0.15) is 11.5 Å². The Balaban J connectivity index is 1.93. The van der Waals surface area contributed by atoms with E-state index in [0.717, 1.165) is 31.4 Å². The van der Waals surface area contributed by atoms with Gasteiger partial charge >= 0.3 is 5.97 Å². The molecule has 5 heteroatoms. The molecule has 0 saturated heterocycles. The Labute approximate surface area is 179 Å². The third-order valence-corrected chi connectivity index (χ3v) is 4.73. The first-order valence-corrected chi connectivity index (χ1v) is 10.4. The minimum atomic E-state index is -0.459. The molecule has 0 spiro atoms. The maximum atomic E-state index is 12.5. The highest BCUT2D eigenvalue weighted by Crippen LogP contribution is 2.29. The van der Waals surface area contributed by atoms with E-state index < -0.39 is 5.97 Å². The van der Waals surface area contributed by atoms with E-state index in [1.54, 1.807) is 49.6 Å². The average molecular weight is 413 g/mol. The highest BCUT2D eigenvalue weighted by molar-refractivity contribution is 5.91. The smallest absolute Gasteiger partial charge is 0.343 e. The molecular formula is C25H32O5. The van der Waals surface area contributed by atoms with E-state index in [0.29, 0.717) is 41.9 Å². The Bertz CT molecular complexity index is 798. The van der Waals surface area contributed by atoms with Crippen molar-refractivity contribution in [2.24, 2.45) is 5.92 Å². The summed E-state index contributed by atoms with van der Waals surface area (Å²) < 4.78 is 22.3. The minimum absolute atomic E-state index is 0.392. The monoisotopic (exact) mass is 412 g/mol. The third kappa shape index (κ3) is 7.47. The summed E-state index contributed by atoms with van der Waals surface area (Å²) >= 11 is 0. The molecule has 0 fully saturated rings. The second-order valence-corrected chi connectivity index (χ2v) is 7.18. The normalized spacial score (nSPS) is 11.4. The summed E-state index contributed by atoms with van der Waals surface area (Å²) in [6, 6.07) is 12.1. The summed E-state index contributed by atoms with van der Waals surface area (Å²) in [4.78, 5) is 12.5. The Morgan fingerprint density at radius 3 is 2.43 bits per heavy atom. The summed E-state index contributed by atoms with van der Waals surface area (Å²) in [6.45, 7) is 9.23. The molecule has 0 amide bonds. The molecule has 0 aromatic heterocycles. The molecular weight excluding hydrogens is 380 g/mol. The predicted octanol–water partition coefficient (Wildman–Crippen LogP) is 6.07. The number of methoxy groups -OCH3 is 1. The SMILES string of the molecule is C=CCCCCOc1ccc(C(=O)Oc2ccc(OC[C@@H](C)CC)cc2)cc1OC. The zero-order chi connectivity index (χ0) is 21.8. The minimum Gasteiger partial charge on any atom is -0.493 e. The standard InChI is InChI=1S/C25H32O5/c1-5-7-8-9-16-28-23-15-10-20(17-24(23)27-4)25(26)30-22-13-11-21(12-14-22)29-18-19(3)6-2/h5,10-15,17,19H,1,6-9,16,18H2,2-4H3/t19-/m0/s1. The first-order chi connectivity index (χ1) is 14.6. The maximum Gasteiger partial charge on any atom is 0.343 e. The van der Waals surface area contributed by atoms with Gasteiger partial charge in [-0.15, -0.1) is 6.58 Å². The van der Waals surface area contributed by atoms with Gasteiger partial charge in [0.25, 0.3) is 0 Å². The lowest BCUT2D eigenvalue weighted by Gasteiger charge is -2.13. The molecule has 2 aromatic rings. The summed E-state index contributed by atoms with van der Waals surface area (Å²) in [5, 5.41) is 0. The molecule has 0 aliphatic carbocycles. The van der Waals surface area contributed by atoms with Gasteiger partial charge in [-0.3, -0.25) is 0 Å². The van der Waals surface area contributed by atoms with Gasteiger partial charge in [-0.2, -0.15) is 0 Å². The van der Waals surface area contributed by atoms with Crippen molar-refractivity contribution in [3.8, 4) is 23.0 Å². The Kier molecular flexibility index (Phi) is 9.78. The molecule has 30 heavy (non-hydrogen) atoms. The van der Waals surface area contributed by atoms with Crippen LogP contribution in [0.15, 0.2) is 55.1 Å². The number of esters is 1. The molecule has 0 aliphatic heterocycles. The molecule has 162 valence electrons. The topological polar surface area (TPSA) is 54.0 Å². The van der Waals surface area contributed by atoms with Crippen LogP contribution >= 0.6 is 0 Å². The summed E-state index contributed by atoms with van der Waals surface area (Å²) in [5.41, 5.74) is 0.392. The maximum absolute atomic E-state index is 12.5. The van der Waals surface area contributed by atoms with E-state index in [-0.39, 0.29) is 0 Å². The van der Waals surface area contributed by atoms with Crippen LogP contribution in [0.2, 0.25) is 0 Å². The third-order valence-electron chi connectivity index (χ3n) is 4.73. The van der Waals surface area contributed by atoms with Crippen molar-refractivity contribution in [2.75, 3.05) is 20.3 Å². The highest BCUT2D eigenvalue weighted by Gasteiger charge is 2.13. The number of carbonyl (C=O) groups is 1. The van der Waals surface area contributed by atoms with Gasteiger partial charge in [0, 0.05) is 0 Å². The summed E-state index contributed by atoms with van der Waals surface area (Å²) in [7, 11) is 1.55. The number of allylic oxidation sites excluding steroid dienone is 1.